The van der Waals surface area contributed by atoms with Crippen LogP contribution in [0.3, 0.4) is 0 Å². The van der Waals surface area contributed by atoms with E-state index in [-0.39, 0.29) is 10.7 Å². The van der Waals surface area contributed by atoms with Crippen LogP contribution in [0.15, 0.2) is 33.8 Å². The predicted octanol–water partition coefficient (Wildman–Crippen LogP) is 2.35. The lowest BCUT2D eigenvalue weighted by atomic mass is 10.0. The van der Waals surface area contributed by atoms with Crippen LogP contribution < -0.4 is 5.73 Å². The number of hydrazone groups is 1. The van der Waals surface area contributed by atoms with E-state index in [1.807, 2.05) is 0 Å². The molecule has 0 fully saturated rings. The van der Waals surface area contributed by atoms with Crippen LogP contribution in [0.2, 0.25) is 0 Å². The van der Waals surface area contributed by atoms with Crippen molar-refractivity contribution in [2.45, 2.75) is 18.3 Å². The maximum atomic E-state index is 13.0. The molecule has 1 aliphatic heterocycles. The largest absolute Gasteiger partial charge is 0.438 e. The predicted molar refractivity (Wildman–Crippen MR) is 74.9 cm³/mol. The molecule has 0 bridgehead atoms. The Balaban J connectivity index is 2.42. The Labute approximate surface area is 126 Å². The Bertz CT molecular complexity index is 575. The summed E-state index contributed by atoms with van der Waals surface area (Å²) < 4.78 is 39.8. The summed E-state index contributed by atoms with van der Waals surface area (Å²) in [7, 11) is 0. The average Bonchev–Trinajstić information content (AvgIpc) is 2.69. The van der Waals surface area contributed by atoms with Crippen LogP contribution >= 0.6 is 28.1 Å². The number of nitrogens with two attached hydrogens (primary N) is 1. The number of rotatable bonds is 1. The second-order valence-electron chi connectivity index (χ2n) is 4.19. The molecule has 2 rings (SSSR count). The van der Waals surface area contributed by atoms with Gasteiger partial charge in [0.05, 0.1) is 12.1 Å². The van der Waals surface area contributed by atoms with E-state index in [4.69, 9.17) is 5.73 Å². The maximum Gasteiger partial charge on any atom is 0.438 e. The molecular formula is C11H9BrF3N3OS. The molecule has 0 spiro atoms. The summed E-state index contributed by atoms with van der Waals surface area (Å²) in [6.45, 7) is 0. The summed E-state index contributed by atoms with van der Waals surface area (Å²) in [6, 6.07) is 6.49. The van der Waals surface area contributed by atoms with E-state index in [0.29, 0.717) is 5.56 Å². The van der Waals surface area contributed by atoms with Gasteiger partial charge in [0.2, 0.25) is 0 Å². The molecule has 3 N–H and O–H groups in total. The first kappa shape index (κ1) is 15.2. The van der Waals surface area contributed by atoms with Gasteiger partial charge in [0, 0.05) is 4.47 Å². The lowest BCUT2D eigenvalue weighted by Crippen LogP contribution is -2.57. The van der Waals surface area contributed by atoms with Gasteiger partial charge in [0.1, 0.15) is 0 Å². The van der Waals surface area contributed by atoms with Crippen LogP contribution in [-0.2, 0) is 0 Å². The van der Waals surface area contributed by atoms with Gasteiger partial charge in [-0.2, -0.15) is 23.3 Å². The van der Waals surface area contributed by atoms with Crippen molar-refractivity contribution in [1.82, 2.24) is 5.01 Å². The number of halogens is 4. The van der Waals surface area contributed by atoms with Crippen molar-refractivity contribution in [2.24, 2.45) is 10.8 Å². The molecule has 0 amide bonds. The van der Waals surface area contributed by atoms with Crippen molar-refractivity contribution < 1.29 is 18.3 Å². The molecule has 108 valence electrons. The molecule has 0 unspecified atom stereocenters. The van der Waals surface area contributed by atoms with Gasteiger partial charge < -0.3 is 10.8 Å². The summed E-state index contributed by atoms with van der Waals surface area (Å²) in [5.74, 6) is 0. The Hall–Kier alpha value is -1.19. The Morgan fingerprint density at radius 1 is 1.40 bits per heavy atom. The summed E-state index contributed by atoms with van der Waals surface area (Å²) in [6.07, 6.45) is -5.67. The monoisotopic (exact) mass is 367 g/mol. The van der Waals surface area contributed by atoms with Crippen LogP contribution in [0.4, 0.5) is 13.2 Å². The lowest BCUT2D eigenvalue weighted by Gasteiger charge is -2.32. The highest BCUT2D eigenvalue weighted by Crippen LogP contribution is 2.41. The molecule has 0 saturated heterocycles. The van der Waals surface area contributed by atoms with Crippen molar-refractivity contribution >= 4 is 39.0 Å². The van der Waals surface area contributed by atoms with Crippen LogP contribution in [0.1, 0.15) is 12.0 Å². The second kappa shape index (κ2) is 4.97. The van der Waals surface area contributed by atoms with Gasteiger partial charge in [-0.1, -0.05) is 28.1 Å². The van der Waals surface area contributed by atoms with E-state index in [0.717, 1.165) is 4.47 Å². The van der Waals surface area contributed by atoms with Crippen LogP contribution in [0, 0.1) is 0 Å². The number of thiocarbonyl (C=S) groups is 1. The van der Waals surface area contributed by atoms with E-state index in [1.54, 1.807) is 24.3 Å². The first-order chi connectivity index (χ1) is 9.15. The third-order valence-corrected chi connectivity index (χ3v) is 3.53. The third kappa shape index (κ3) is 2.52. The highest BCUT2D eigenvalue weighted by atomic mass is 79.9. The Morgan fingerprint density at radius 2 is 1.95 bits per heavy atom. The van der Waals surface area contributed by atoms with E-state index >= 15 is 0 Å². The number of hydrogen-bond donors (Lipinski definition) is 2. The maximum absolute atomic E-state index is 13.0. The molecule has 0 saturated carbocycles. The molecule has 20 heavy (non-hydrogen) atoms. The standard InChI is InChI=1S/C11H9BrF3N3OS/c12-7-3-1-6(2-4-7)8-5-10(19,11(13,14)15)18(17-8)9(16)20/h1-4,19H,5H2,(H2,16,20)/t10-/m1/s1. The second-order valence-corrected chi connectivity index (χ2v) is 5.53. The van der Waals surface area contributed by atoms with Gasteiger partial charge in [-0.25, -0.2) is 0 Å². The Kier molecular flexibility index (Phi) is 3.78. The first-order valence-electron chi connectivity index (χ1n) is 5.37. The molecule has 4 nitrogen and oxygen atoms in total. The third-order valence-electron chi connectivity index (χ3n) is 2.83. The SMILES string of the molecule is NC(=S)N1N=C(c2ccc(Br)cc2)C[C@@]1(O)C(F)(F)F. The van der Waals surface area contributed by atoms with Gasteiger partial charge in [-0.15, -0.1) is 0 Å². The zero-order valence-electron chi connectivity index (χ0n) is 9.86. The fourth-order valence-electron chi connectivity index (χ4n) is 1.80. The zero-order valence-corrected chi connectivity index (χ0v) is 12.3. The van der Waals surface area contributed by atoms with Crippen LogP contribution in [-0.4, -0.2) is 32.8 Å². The topological polar surface area (TPSA) is 61.8 Å². The van der Waals surface area contributed by atoms with Crippen molar-refractivity contribution in [3.63, 3.8) is 0 Å². The number of nitrogens with zero attached hydrogens (tertiary/aromatic N) is 2. The number of alkyl halides is 3. The minimum absolute atomic E-state index is 0.0603. The van der Waals surface area contributed by atoms with Crippen LogP contribution in [0.5, 0.6) is 0 Å². The minimum Gasteiger partial charge on any atom is -0.375 e. The van der Waals surface area contributed by atoms with Crippen molar-refractivity contribution in [3.8, 4) is 0 Å². The fraction of sp³-hybridized carbons (Fsp3) is 0.273. The molecule has 0 radical (unpaired) electrons. The quantitative estimate of drug-likeness (QED) is 0.748. The molecule has 1 aromatic rings. The van der Waals surface area contributed by atoms with Gasteiger partial charge in [0.15, 0.2) is 5.11 Å². The zero-order chi connectivity index (χ0) is 15.1. The molecule has 1 heterocycles. The number of benzene rings is 1. The highest BCUT2D eigenvalue weighted by Gasteiger charge is 2.62. The minimum atomic E-state index is -4.93. The first-order valence-corrected chi connectivity index (χ1v) is 6.57. The average molecular weight is 368 g/mol. The summed E-state index contributed by atoms with van der Waals surface area (Å²) >= 11 is 7.75. The summed E-state index contributed by atoms with van der Waals surface area (Å²) in [5, 5.41) is 13.2. The molecule has 1 aliphatic rings. The number of hydrogen-bond acceptors (Lipinski definition) is 3. The molecule has 9 heteroatoms. The summed E-state index contributed by atoms with van der Waals surface area (Å²) in [5.41, 5.74) is 2.52. The molecule has 1 atom stereocenters. The van der Waals surface area contributed by atoms with Gasteiger partial charge in [-0.3, -0.25) is 0 Å². The van der Waals surface area contributed by atoms with E-state index in [1.165, 1.54) is 0 Å². The molecule has 1 aromatic carbocycles. The van der Waals surface area contributed by atoms with Gasteiger partial charge in [0.25, 0.3) is 5.72 Å². The lowest BCUT2D eigenvalue weighted by molar-refractivity contribution is -0.294. The Morgan fingerprint density at radius 3 is 2.35 bits per heavy atom. The van der Waals surface area contributed by atoms with Crippen LogP contribution in [0.25, 0.3) is 0 Å². The smallest absolute Gasteiger partial charge is 0.375 e. The normalized spacial score (nSPS) is 22.9. The molecule has 0 aromatic heterocycles. The number of aliphatic hydroxyl groups is 1. The van der Waals surface area contributed by atoms with Crippen molar-refractivity contribution in [3.05, 3.63) is 34.3 Å². The van der Waals surface area contributed by atoms with E-state index in [9.17, 15) is 18.3 Å². The van der Waals surface area contributed by atoms with E-state index < -0.39 is 23.4 Å². The molecule has 0 aliphatic carbocycles. The summed E-state index contributed by atoms with van der Waals surface area (Å²) in [4.78, 5) is 0. The fourth-order valence-corrected chi connectivity index (χ4v) is 2.26. The highest BCUT2D eigenvalue weighted by molar-refractivity contribution is 9.10. The molecular weight excluding hydrogens is 359 g/mol. The van der Waals surface area contributed by atoms with Gasteiger partial charge >= 0.3 is 6.18 Å². The van der Waals surface area contributed by atoms with Gasteiger partial charge in [-0.05, 0) is 29.9 Å². The van der Waals surface area contributed by atoms with Crippen molar-refractivity contribution in [2.75, 3.05) is 0 Å². The van der Waals surface area contributed by atoms with E-state index in [2.05, 4.69) is 33.2 Å². The van der Waals surface area contributed by atoms with Crippen molar-refractivity contribution in [1.29, 1.82) is 0 Å².